The van der Waals surface area contributed by atoms with E-state index in [1.807, 2.05) is 11.3 Å². The summed E-state index contributed by atoms with van der Waals surface area (Å²) in [6.45, 7) is 31.2. The largest absolute Gasteiger partial charge is 0.356 e. The van der Waals surface area contributed by atoms with Gasteiger partial charge in [-0.3, -0.25) is 14.4 Å². The molecule has 0 atom stereocenters. The number of nitrogens with one attached hydrogen (secondary N) is 3. The van der Waals surface area contributed by atoms with Crippen LogP contribution in [-0.4, -0.2) is 37.4 Å². The van der Waals surface area contributed by atoms with Crippen LogP contribution in [0.4, 0.5) is 0 Å². The summed E-state index contributed by atoms with van der Waals surface area (Å²) in [5, 5.41) is 8.77. The lowest BCUT2D eigenvalue weighted by atomic mass is 9.65. The van der Waals surface area contributed by atoms with E-state index in [-0.39, 0.29) is 45.8 Å². The van der Waals surface area contributed by atoms with Crippen LogP contribution in [-0.2, 0) is 48.9 Å². The molecule has 3 N–H and O–H groups in total. The molecular formula is C35H55N3O3S2. The zero-order valence-corrected chi connectivity index (χ0v) is 30.3. The molecular weight excluding hydrogens is 575 g/mol. The molecule has 43 heavy (non-hydrogen) atoms. The fraction of sp³-hybridized carbons (Fsp3) is 0.629. The molecule has 0 unspecified atom stereocenters. The van der Waals surface area contributed by atoms with E-state index in [2.05, 4.69) is 111 Å². The monoisotopic (exact) mass is 629 g/mol. The summed E-state index contributed by atoms with van der Waals surface area (Å²) in [6, 6.07) is 4.46. The molecule has 2 rings (SSSR count). The fourth-order valence-electron chi connectivity index (χ4n) is 4.82. The molecule has 0 fully saturated rings. The van der Waals surface area contributed by atoms with Gasteiger partial charge in [0.2, 0.25) is 17.7 Å². The number of rotatable bonds is 13. The van der Waals surface area contributed by atoms with Crippen molar-refractivity contribution in [1.82, 2.24) is 16.0 Å². The summed E-state index contributed by atoms with van der Waals surface area (Å²) < 4.78 is 0. The van der Waals surface area contributed by atoms with E-state index in [0.29, 0.717) is 31.6 Å². The van der Waals surface area contributed by atoms with Gasteiger partial charge in [-0.15, -0.1) is 22.7 Å². The minimum Gasteiger partial charge on any atom is -0.356 e. The predicted molar refractivity (Wildman–Crippen MR) is 184 cm³/mol. The lowest BCUT2D eigenvalue weighted by Gasteiger charge is -2.41. The molecule has 2 aromatic heterocycles. The van der Waals surface area contributed by atoms with Gasteiger partial charge in [0.25, 0.3) is 0 Å². The Labute approximate surface area is 268 Å². The smallest absolute Gasteiger partial charge is 0.246 e. The molecule has 3 amide bonds. The van der Waals surface area contributed by atoms with Gasteiger partial charge in [-0.1, -0.05) is 82.7 Å². The zero-order chi connectivity index (χ0) is 33.0. The highest BCUT2D eigenvalue weighted by Crippen LogP contribution is 2.52. The predicted octanol–water partition coefficient (Wildman–Crippen LogP) is 7.08. The number of amides is 3. The highest BCUT2D eigenvalue weighted by molar-refractivity contribution is 7.13. The number of hydrogen-bond acceptors (Lipinski definition) is 5. The Balaban J connectivity index is 2.46. The zero-order valence-electron chi connectivity index (χ0n) is 28.6. The molecule has 0 saturated heterocycles. The maximum Gasteiger partial charge on any atom is 0.246 e. The van der Waals surface area contributed by atoms with Crippen molar-refractivity contribution in [2.24, 2.45) is 0 Å². The van der Waals surface area contributed by atoms with Gasteiger partial charge in [0.05, 0.1) is 12.8 Å². The third kappa shape index (κ3) is 9.27. The van der Waals surface area contributed by atoms with E-state index in [4.69, 9.17) is 0 Å². The van der Waals surface area contributed by atoms with Crippen LogP contribution in [0, 0.1) is 0 Å². The molecule has 0 spiro atoms. The Bertz CT molecular complexity index is 1320. The van der Waals surface area contributed by atoms with Gasteiger partial charge in [0, 0.05) is 55.5 Å². The average Bonchev–Trinajstić information content (AvgIpc) is 3.50. The molecule has 2 aromatic rings. The lowest BCUT2D eigenvalue weighted by Crippen LogP contribution is -2.40. The second-order valence-corrected chi connectivity index (χ2v) is 16.9. The molecule has 0 saturated carbocycles. The summed E-state index contributed by atoms with van der Waals surface area (Å²) in [7, 11) is 0. The Hall–Kier alpha value is -2.45. The van der Waals surface area contributed by atoms with Crippen LogP contribution in [0.15, 0.2) is 24.3 Å². The standard InChI is InChI=1S/C35H55N3O3S2/c1-14-15-36-27(39)20-23-19-26(43-29(23)33(7,8)9)34(10,11)35(12,13)30-24(18-25(42-30)32(4,5)6)21-28(40)37-16-17-38-31(41)22(2)3/h18-19H,2,14-17,20-21H2,1,3-13H3,(H,36,39)(H,37,40)(H,38,41). The maximum atomic E-state index is 13.1. The van der Waals surface area contributed by atoms with Crippen LogP contribution in [0.25, 0.3) is 0 Å². The summed E-state index contributed by atoms with van der Waals surface area (Å²) >= 11 is 3.62. The van der Waals surface area contributed by atoms with Gasteiger partial charge >= 0.3 is 0 Å². The van der Waals surface area contributed by atoms with Crippen LogP contribution in [0.3, 0.4) is 0 Å². The van der Waals surface area contributed by atoms with Gasteiger partial charge in [-0.25, -0.2) is 0 Å². The molecule has 6 nitrogen and oxygen atoms in total. The Kier molecular flexibility index (Phi) is 12.1. The topological polar surface area (TPSA) is 87.3 Å². The van der Waals surface area contributed by atoms with Crippen LogP contribution in [0.5, 0.6) is 0 Å². The van der Waals surface area contributed by atoms with Crippen molar-refractivity contribution in [2.75, 3.05) is 19.6 Å². The number of hydrogen-bond donors (Lipinski definition) is 3. The van der Waals surface area contributed by atoms with Crippen LogP contribution in [0.2, 0.25) is 0 Å². The lowest BCUT2D eigenvalue weighted by molar-refractivity contribution is -0.121. The normalized spacial score (nSPS) is 12.7. The van der Waals surface area contributed by atoms with E-state index < -0.39 is 0 Å². The molecule has 8 heteroatoms. The average molecular weight is 630 g/mol. The number of thiophene rings is 2. The Morgan fingerprint density at radius 1 is 0.674 bits per heavy atom. The highest BCUT2D eigenvalue weighted by Gasteiger charge is 2.44. The van der Waals surface area contributed by atoms with E-state index in [9.17, 15) is 14.4 Å². The SMILES string of the molecule is C=C(C)C(=O)NCCNC(=O)Cc1cc(C(C)(C)C)sc1C(C)(C)C(C)(C)c1cc(CC(=O)NCCC)c(C(C)(C)C)s1. The molecule has 0 radical (unpaired) electrons. The third-order valence-electron chi connectivity index (χ3n) is 8.18. The fourth-order valence-corrected chi connectivity index (χ4v) is 7.82. The van der Waals surface area contributed by atoms with Crippen molar-refractivity contribution in [3.8, 4) is 0 Å². The number of carbonyl (C=O) groups is 3. The van der Waals surface area contributed by atoms with Crippen LogP contribution in [0.1, 0.15) is 120 Å². The van der Waals surface area contributed by atoms with E-state index in [0.717, 1.165) is 17.5 Å². The first-order chi connectivity index (χ1) is 19.6. The first-order valence-electron chi connectivity index (χ1n) is 15.4. The Morgan fingerprint density at radius 2 is 1.14 bits per heavy atom. The third-order valence-corrected chi connectivity index (χ3v) is 12.0. The molecule has 0 aromatic carbocycles. The van der Waals surface area contributed by atoms with E-state index in [1.54, 1.807) is 18.3 Å². The summed E-state index contributed by atoms with van der Waals surface area (Å²) in [5.41, 5.74) is 1.86. The second kappa shape index (κ2) is 14.1. The van der Waals surface area contributed by atoms with Gasteiger partial charge in [0.1, 0.15) is 0 Å². The molecule has 0 bridgehead atoms. The van der Waals surface area contributed by atoms with Crippen molar-refractivity contribution < 1.29 is 14.4 Å². The van der Waals surface area contributed by atoms with Crippen molar-refractivity contribution >= 4 is 40.4 Å². The van der Waals surface area contributed by atoms with Crippen LogP contribution >= 0.6 is 22.7 Å². The molecule has 240 valence electrons. The molecule has 0 aliphatic rings. The summed E-state index contributed by atoms with van der Waals surface area (Å²) in [5.74, 6) is -0.209. The highest BCUT2D eigenvalue weighted by atomic mass is 32.1. The van der Waals surface area contributed by atoms with Crippen molar-refractivity contribution in [2.45, 2.75) is 124 Å². The van der Waals surface area contributed by atoms with Gasteiger partial charge in [0.15, 0.2) is 0 Å². The molecule has 0 aliphatic heterocycles. The van der Waals surface area contributed by atoms with E-state index in [1.165, 1.54) is 19.5 Å². The summed E-state index contributed by atoms with van der Waals surface area (Å²) in [4.78, 5) is 42.6. The first kappa shape index (κ1) is 36.7. The number of carbonyl (C=O) groups excluding carboxylic acids is 3. The quantitative estimate of drug-likeness (QED) is 0.164. The molecule has 0 aliphatic carbocycles. The van der Waals surface area contributed by atoms with Gasteiger partial charge in [-0.2, -0.15) is 0 Å². The molecule has 2 heterocycles. The van der Waals surface area contributed by atoms with E-state index >= 15 is 0 Å². The van der Waals surface area contributed by atoms with Gasteiger partial charge < -0.3 is 16.0 Å². The van der Waals surface area contributed by atoms with Gasteiger partial charge in [-0.05, 0) is 47.4 Å². The van der Waals surface area contributed by atoms with Crippen LogP contribution < -0.4 is 16.0 Å². The minimum absolute atomic E-state index is 0.0530. The minimum atomic E-state index is -0.312. The first-order valence-corrected chi connectivity index (χ1v) is 17.0. The van der Waals surface area contributed by atoms with Crippen molar-refractivity contribution in [3.63, 3.8) is 0 Å². The maximum absolute atomic E-state index is 13.1. The van der Waals surface area contributed by atoms with Crippen molar-refractivity contribution in [1.29, 1.82) is 0 Å². The summed E-state index contributed by atoms with van der Waals surface area (Å²) in [6.07, 6.45) is 1.57. The Morgan fingerprint density at radius 3 is 1.63 bits per heavy atom. The van der Waals surface area contributed by atoms with Crippen molar-refractivity contribution in [3.05, 3.63) is 54.9 Å². The second-order valence-electron chi connectivity index (χ2n) is 14.8.